The maximum absolute atomic E-state index is 11.6. The van der Waals surface area contributed by atoms with Crippen LogP contribution < -0.4 is 10.9 Å². The van der Waals surface area contributed by atoms with Crippen LogP contribution in [0.4, 0.5) is 0 Å². The Kier molecular flexibility index (Phi) is 5.53. The summed E-state index contributed by atoms with van der Waals surface area (Å²) in [5.41, 5.74) is 4.91. The number of thioether (sulfide) groups is 1. The number of amides is 2. The second-order valence-electron chi connectivity index (χ2n) is 3.81. The minimum Gasteiger partial charge on any atom is -0.273 e. The normalized spacial score (nSPS) is 17.1. The fraction of sp³-hybridized carbons (Fsp3) is 0.800. The van der Waals surface area contributed by atoms with Gasteiger partial charge in [-0.05, 0) is 19.1 Å². The van der Waals surface area contributed by atoms with Crippen LogP contribution in [0.5, 0.6) is 0 Å². The molecule has 1 aliphatic rings. The summed E-state index contributed by atoms with van der Waals surface area (Å²) in [6, 6.07) is 0. The molecule has 0 atom stereocenters. The van der Waals surface area contributed by atoms with Gasteiger partial charge >= 0.3 is 0 Å². The molecule has 1 saturated carbocycles. The van der Waals surface area contributed by atoms with E-state index in [-0.39, 0.29) is 17.7 Å². The topological polar surface area (TPSA) is 58.2 Å². The van der Waals surface area contributed by atoms with E-state index in [1.165, 1.54) is 18.2 Å². The van der Waals surface area contributed by atoms with Crippen molar-refractivity contribution in [2.75, 3.05) is 12.0 Å². The van der Waals surface area contributed by atoms with Crippen LogP contribution in [0.3, 0.4) is 0 Å². The quantitative estimate of drug-likeness (QED) is 0.713. The monoisotopic (exact) mass is 230 g/mol. The number of hydrogen-bond donors (Lipinski definition) is 2. The van der Waals surface area contributed by atoms with Gasteiger partial charge in [0.2, 0.25) is 11.8 Å². The van der Waals surface area contributed by atoms with Gasteiger partial charge in [0.15, 0.2) is 0 Å². The van der Waals surface area contributed by atoms with Crippen molar-refractivity contribution in [3.63, 3.8) is 0 Å². The Labute approximate surface area is 94.5 Å². The predicted molar refractivity (Wildman–Crippen MR) is 61.2 cm³/mol. The molecule has 2 N–H and O–H groups in total. The van der Waals surface area contributed by atoms with Crippen LogP contribution in [0.1, 0.15) is 32.1 Å². The minimum atomic E-state index is -0.147. The van der Waals surface area contributed by atoms with Gasteiger partial charge in [-0.2, -0.15) is 11.8 Å². The van der Waals surface area contributed by atoms with Gasteiger partial charge in [0, 0.05) is 5.92 Å². The van der Waals surface area contributed by atoms with Crippen LogP contribution >= 0.6 is 11.8 Å². The maximum Gasteiger partial charge on any atom is 0.248 e. The van der Waals surface area contributed by atoms with Gasteiger partial charge in [-0.15, -0.1) is 0 Å². The van der Waals surface area contributed by atoms with Gasteiger partial charge in [0.05, 0.1) is 5.75 Å². The molecule has 0 aromatic heterocycles. The molecule has 4 nitrogen and oxygen atoms in total. The zero-order valence-corrected chi connectivity index (χ0v) is 9.86. The fourth-order valence-corrected chi connectivity index (χ4v) is 2.10. The van der Waals surface area contributed by atoms with Crippen LogP contribution in [-0.2, 0) is 9.59 Å². The summed E-state index contributed by atoms with van der Waals surface area (Å²) in [5, 5.41) is 0. The van der Waals surface area contributed by atoms with Gasteiger partial charge < -0.3 is 0 Å². The average molecular weight is 230 g/mol. The number of hydrogen-bond acceptors (Lipinski definition) is 3. The molecule has 86 valence electrons. The van der Waals surface area contributed by atoms with Crippen LogP contribution in [0, 0.1) is 5.92 Å². The lowest BCUT2D eigenvalue weighted by molar-refractivity contribution is -0.131. The molecule has 0 heterocycles. The summed E-state index contributed by atoms with van der Waals surface area (Å²) in [5.74, 6) is 0.287. The highest BCUT2D eigenvalue weighted by atomic mass is 32.2. The van der Waals surface area contributed by atoms with Crippen molar-refractivity contribution >= 4 is 23.6 Å². The molecular formula is C10H18N2O2S. The van der Waals surface area contributed by atoms with Crippen molar-refractivity contribution in [2.45, 2.75) is 32.1 Å². The lowest BCUT2D eigenvalue weighted by Crippen LogP contribution is -2.45. The number of nitrogens with one attached hydrogen (secondary N) is 2. The summed E-state index contributed by atoms with van der Waals surface area (Å²) in [6.07, 6.45) is 7.22. The highest BCUT2D eigenvalue weighted by molar-refractivity contribution is 7.99. The zero-order valence-electron chi connectivity index (χ0n) is 9.04. The smallest absolute Gasteiger partial charge is 0.248 e. The van der Waals surface area contributed by atoms with Crippen molar-refractivity contribution in [2.24, 2.45) is 5.92 Å². The zero-order chi connectivity index (χ0) is 11.1. The molecule has 0 radical (unpaired) electrons. The molecule has 0 aromatic rings. The van der Waals surface area contributed by atoms with Crippen LogP contribution in [0.15, 0.2) is 0 Å². The first-order chi connectivity index (χ1) is 7.24. The van der Waals surface area contributed by atoms with E-state index >= 15 is 0 Å². The lowest BCUT2D eigenvalue weighted by atomic mass is 9.89. The molecule has 0 bridgehead atoms. The van der Waals surface area contributed by atoms with Gasteiger partial charge in [-0.25, -0.2) is 0 Å². The van der Waals surface area contributed by atoms with Crippen molar-refractivity contribution in [1.82, 2.24) is 10.9 Å². The third kappa shape index (κ3) is 4.55. The Morgan fingerprint density at radius 3 is 2.47 bits per heavy atom. The Balaban J connectivity index is 2.19. The number of rotatable bonds is 3. The van der Waals surface area contributed by atoms with E-state index in [9.17, 15) is 9.59 Å². The third-order valence-corrected chi connectivity index (χ3v) is 3.13. The van der Waals surface area contributed by atoms with Crippen LogP contribution in [0.2, 0.25) is 0 Å². The Morgan fingerprint density at radius 2 is 1.87 bits per heavy atom. The predicted octanol–water partition coefficient (Wildman–Crippen LogP) is 1.08. The molecule has 0 saturated heterocycles. The Bertz CT molecular complexity index is 227. The summed E-state index contributed by atoms with van der Waals surface area (Å²) < 4.78 is 0. The highest BCUT2D eigenvalue weighted by Crippen LogP contribution is 2.23. The Hall–Kier alpha value is -0.710. The fourth-order valence-electron chi connectivity index (χ4n) is 1.77. The Morgan fingerprint density at radius 1 is 1.20 bits per heavy atom. The summed E-state index contributed by atoms with van der Waals surface area (Å²) in [7, 11) is 0. The van der Waals surface area contributed by atoms with Gasteiger partial charge in [-0.1, -0.05) is 19.3 Å². The van der Waals surface area contributed by atoms with E-state index in [4.69, 9.17) is 0 Å². The van der Waals surface area contributed by atoms with Crippen LogP contribution in [-0.4, -0.2) is 23.8 Å². The van der Waals surface area contributed by atoms with Crippen molar-refractivity contribution in [1.29, 1.82) is 0 Å². The molecule has 5 heteroatoms. The molecule has 0 spiro atoms. The molecule has 0 aliphatic heterocycles. The maximum atomic E-state index is 11.6. The molecule has 15 heavy (non-hydrogen) atoms. The molecule has 1 aliphatic carbocycles. The van der Waals surface area contributed by atoms with Gasteiger partial charge in [0.1, 0.15) is 0 Å². The van der Waals surface area contributed by atoms with Gasteiger partial charge in [-0.3, -0.25) is 20.4 Å². The van der Waals surface area contributed by atoms with E-state index in [0.29, 0.717) is 5.75 Å². The lowest BCUT2D eigenvalue weighted by Gasteiger charge is -2.20. The number of carbonyl (C=O) groups excluding carboxylic acids is 2. The van der Waals surface area contributed by atoms with E-state index in [2.05, 4.69) is 10.9 Å². The largest absolute Gasteiger partial charge is 0.273 e. The number of carbonyl (C=O) groups is 2. The average Bonchev–Trinajstić information content (AvgIpc) is 2.27. The second kappa shape index (κ2) is 6.71. The SMILES string of the molecule is CSCC(=O)NNC(=O)C1CCCCC1. The van der Waals surface area contributed by atoms with Gasteiger partial charge in [0.25, 0.3) is 0 Å². The standard InChI is InChI=1S/C10H18N2O2S/c1-15-7-9(13)11-12-10(14)8-5-3-2-4-6-8/h8H,2-7H2,1H3,(H,11,13)(H,12,14). The molecule has 1 rings (SSSR count). The highest BCUT2D eigenvalue weighted by Gasteiger charge is 2.20. The van der Waals surface area contributed by atoms with Crippen molar-refractivity contribution < 1.29 is 9.59 Å². The van der Waals surface area contributed by atoms with E-state index in [1.54, 1.807) is 0 Å². The molecule has 0 unspecified atom stereocenters. The molecule has 2 amide bonds. The minimum absolute atomic E-state index is 0.0378. The second-order valence-corrected chi connectivity index (χ2v) is 4.67. The molecule has 0 aromatic carbocycles. The molecule has 1 fully saturated rings. The molecular weight excluding hydrogens is 212 g/mol. The van der Waals surface area contributed by atoms with Crippen molar-refractivity contribution in [3.8, 4) is 0 Å². The first kappa shape index (κ1) is 12.4. The summed E-state index contributed by atoms with van der Waals surface area (Å²) in [6.45, 7) is 0. The number of hydrazine groups is 1. The third-order valence-electron chi connectivity index (χ3n) is 2.58. The first-order valence-electron chi connectivity index (χ1n) is 5.31. The summed E-state index contributed by atoms with van der Waals surface area (Å²) >= 11 is 1.43. The van der Waals surface area contributed by atoms with E-state index < -0.39 is 0 Å². The first-order valence-corrected chi connectivity index (χ1v) is 6.71. The van der Waals surface area contributed by atoms with Crippen molar-refractivity contribution in [3.05, 3.63) is 0 Å². The van der Waals surface area contributed by atoms with Crippen LogP contribution in [0.25, 0.3) is 0 Å². The summed E-state index contributed by atoms with van der Waals surface area (Å²) in [4.78, 5) is 22.7. The van der Waals surface area contributed by atoms with E-state index in [1.807, 2.05) is 6.26 Å². The van der Waals surface area contributed by atoms with E-state index in [0.717, 1.165) is 25.7 Å².